The summed E-state index contributed by atoms with van der Waals surface area (Å²) in [6.07, 6.45) is 0. The van der Waals surface area contributed by atoms with Crippen molar-refractivity contribution in [2.75, 3.05) is 19.5 Å². The van der Waals surface area contributed by atoms with E-state index in [2.05, 4.69) is 4.98 Å². The van der Waals surface area contributed by atoms with E-state index in [1.54, 1.807) is 30.3 Å². The van der Waals surface area contributed by atoms with Crippen molar-refractivity contribution in [2.45, 2.75) is 5.22 Å². The molecule has 25 heavy (non-hydrogen) atoms. The number of aromatic nitrogens is 1. The van der Waals surface area contributed by atoms with Crippen molar-refractivity contribution in [3.8, 4) is 5.75 Å². The van der Waals surface area contributed by atoms with Crippen molar-refractivity contribution in [1.29, 1.82) is 0 Å². The molecule has 0 unspecified atom stereocenters. The molecule has 0 spiro atoms. The van der Waals surface area contributed by atoms with Crippen LogP contribution in [-0.2, 0) is 9.53 Å². The monoisotopic (exact) mass is 357 g/mol. The van der Waals surface area contributed by atoms with E-state index >= 15 is 0 Å². The first-order valence-corrected chi connectivity index (χ1v) is 8.46. The van der Waals surface area contributed by atoms with Crippen LogP contribution in [0.3, 0.4) is 0 Å². The van der Waals surface area contributed by atoms with E-state index < -0.39 is 5.97 Å². The fraction of sp³-hybridized carbons (Fsp3) is 0.167. The third kappa shape index (κ3) is 4.19. The number of nitrogens with zero attached hydrogens (tertiary/aromatic N) is 1. The minimum atomic E-state index is -0.518. The second-order valence-electron chi connectivity index (χ2n) is 5.02. The Morgan fingerprint density at radius 2 is 1.88 bits per heavy atom. The van der Waals surface area contributed by atoms with Gasteiger partial charge in [0.1, 0.15) is 17.0 Å². The molecule has 0 fully saturated rings. The van der Waals surface area contributed by atoms with Crippen LogP contribution in [0.4, 0.5) is 0 Å². The van der Waals surface area contributed by atoms with E-state index in [9.17, 15) is 9.59 Å². The van der Waals surface area contributed by atoms with Crippen LogP contribution in [-0.4, -0.2) is 36.2 Å². The summed E-state index contributed by atoms with van der Waals surface area (Å²) in [6.45, 7) is -0.340. The number of rotatable bonds is 7. The number of hydrogen-bond acceptors (Lipinski definition) is 7. The van der Waals surface area contributed by atoms with E-state index in [4.69, 9.17) is 13.9 Å². The predicted molar refractivity (Wildman–Crippen MR) is 93.0 cm³/mol. The van der Waals surface area contributed by atoms with Crippen molar-refractivity contribution in [1.82, 2.24) is 4.98 Å². The Hall–Kier alpha value is -2.80. The van der Waals surface area contributed by atoms with Gasteiger partial charge in [-0.05, 0) is 24.3 Å². The molecule has 2 aromatic carbocycles. The van der Waals surface area contributed by atoms with Crippen LogP contribution in [0.1, 0.15) is 10.4 Å². The number of hydrogen-bond donors (Lipinski definition) is 0. The van der Waals surface area contributed by atoms with Crippen molar-refractivity contribution in [3.63, 3.8) is 0 Å². The Bertz CT molecular complexity index is 872. The number of esters is 1. The zero-order chi connectivity index (χ0) is 17.6. The summed E-state index contributed by atoms with van der Waals surface area (Å²) in [5.74, 6) is -0.385. The van der Waals surface area contributed by atoms with Crippen molar-refractivity contribution >= 4 is 34.6 Å². The van der Waals surface area contributed by atoms with Crippen LogP contribution in [0.15, 0.2) is 58.2 Å². The number of ether oxygens (including phenoxy) is 2. The minimum Gasteiger partial charge on any atom is -0.496 e. The molecular weight excluding hydrogens is 342 g/mol. The van der Waals surface area contributed by atoms with E-state index in [0.29, 0.717) is 22.1 Å². The van der Waals surface area contributed by atoms with Gasteiger partial charge < -0.3 is 13.9 Å². The number of carbonyl (C=O) groups excluding carboxylic acids is 2. The van der Waals surface area contributed by atoms with Gasteiger partial charge >= 0.3 is 5.97 Å². The lowest BCUT2D eigenvalue weighted by atomic mass is 10.1. The molecule has 3 rings (SSSR count). The second kappa shape index (κ2) is 7.85. The van der Waals surface area contributed by atoms with Crippen LogP contribution in [0, 0.1) is 0 Å². The topological polar surface area (TPSA) is 78.6 Å². The quantitative estimate of drug-likeness (QED) is 0.364. The minimum absolute atomic E-state index is 0.00598. The van der Waals surface area contributed by atoms with E-state index in [1.807, 2.05) is 18.2 Å². The SMILES string of the molecule is COc1ccccc1C(=O)COC(=O)CSc1nc2ccccc2o1. The van der Waals surface area contributed by atoms with Crippen LogP contribution >= 0.6 is 11.8 Å². The van der Waals surface area contributed by atoms with Gasteiger partial charge in [-0.25, -0.2) is 4.98 Å². The molecule has 0 aliphatic heterocycles. The van der Waals surface area contributed by atoms with Gasteiger partial charge in [0.2, 0.25) is 5.78 Å². The van der Waals surface area contributed by atoms with Crippen LogP contribution < -0.4 is 4.74 Å². The molecular formula is C18H15NO5S. The van der Waals surface area contributed by atoms with Crippen molar-refractivity contribution in [2.24, 2.45) is 0 Å². The number of ketones is 1. The Morgan fingerprint density at radius 3 is 2.68 bits per heavy atom. The maximum atomic E-state index is 12.1. The maximum Gasteiger partial charge on any atom is 0.316 e. The zero-order valence-electron chi connectivity index (χ0n) is 13.4. The van der Waals surface area contributed by atoms with E-state index in [-0.39, 0.29) is 18.1 Å². The summed E-state index contributed by atoms with van der Waals surface area (Å²) >= 11 is 1.12. The molecule has 3 aromatic rings. The van der Waals surface area contributed by atoms with Crippen LogP contribution in [0.25, 0.3) is 11.1 Å². The van der Waals surface area contributed by atoms with Gasteiger partial charge in [-0.3, -0.25) is 9.59 Å². The number of oxazole rings is 1. The molecule has 0 atom stereocenters. The van der Waals surface area contributed by atoms with Gasteiger partial charge in [-0.1, -0.05) is 36.0 Å². The first kappa shape index (κ1) is 17.0. The van der Waals surface area contributed by atoms with E-state index in [0.717, 1.165) is 17.3 Å². The van der Waals surface area contributed by atoms with Crippen LogP contribution in [0.2, 0.25) is 0 Å². The van der Waals surface area contributed by atoms with Gasteiger partial charge in [0.15, 0.2) is 12.2 Å². The van der Waals surface area contributed by atoms with E-state index in [1.165, 1.54) is 7.11 Å². The highest BCUT2D eigenvalue weighted by atomic mass is 32.2. The number of methoxy groups -OCH3 is 1. The molecule has 1 aromatic heterocycles. The number of fused-ring (bicyclic) bond motifs is 1. The molecule has 0 aliphatic carbocycles. The number of Topliss-reactive ketones (excluding diaryl/α,β-unsaturated/α-hetero) is 1. The van der Waals surface area contributed by atoms with Crippen LogP contribution in [0.5, 0.6) is 5.75 Å². The number of carbonyl (C=O) groups is 2. The fourth-order valence-electron chi connectivity index (χ4n) is 2.17. The Labute approximate surface area is 148 Å². The molecule has 0 saturated carbocycles. The lowest BCUT2D eigenvalue weighted by Gasteiger charge is -2.07. The third-order valence-corrected chi connectivity index (χ3v) is 4.16. The average Bonchev–Trinajstić information content (AvgIpc) is 3.07. The summed E-state index contributed by atoms with van der Waals surface area (Å²) in [5.41, 5.74) is 1.76. The lowest BCUT2D eigenvalue weighted by molar-refractivity contribution is -0.139. The van der Waals surface area contributed by atoms with Gasteiger partial charge in [0.05, 0.1) is 12.7 Å². The van der Waals surface area contributed by atoms with Gasteiger partial charge in [0, 0.05) is 0 Å². The molecule has 0 saturated heterocycles. The number of thioether (sulfide) groups is 1. The summed E-state index contributed by atoms with van der Waals surface area (Å²) in [6, 6.07) is 14.1. The predicted octanol–water partition coefficient (Wildman–Crippen LogP) is 3.35. The summed E-state index contributed by atoms with van der Waals surface area (Å²) in [5, 5.41) is 0.384. The zero-order valence-corrected chi connectivity index (χ0v) is 14.2. The molecule has 7 heteroatoms. The summed E-state index contributed by atoms with van der Waals surface area (Å²) in [4.78, 5) is 28.2. The van der Waals surface area contributed by atoms with Crippen molar-refractivity contribution < 1.29 is 23.5 Å². The molecule has 1 heterocycles. The number of para-hydroxylation sites is 3. The summed E-state index contributed by atoms with van der Waals surface area (Å²) in [7, 11) is 1.48. The maximum absolute atomic E-state index is 12.1. The highest BCUT2D eigenvalue weighted by molar-refractivity contribution is 7.99. The highest BCUT2D eigenvalue weighted by Gasteiger charge is 2.15. The normalized spacial score (nSPS) is 10.6. The third-order valence-electron chi connectivity index (χ3n) is 3.36. The molecule has 6 nitrogen and oxygen atoms in total. The standard InChI is InChI=1S/C18H15NO5S/c1-22-15-8-4-2-6-12(15)14(20)10-23-17(21)11-25-18-19-13-7-3-5-9-16(13)24-18/h2-9H,10-11H2,1H3. The van der Waals surface area contributed by atoms with Gasteiger partial charge in [0.25, 0.3) is 5.22 Å². The number of benzene rings is 2. The first-order chi connectivity index (χ1) is 12.2. The molecule has 0 bridgehead atoms. The molecule has 0 aliphatic rings. The molecule has 128 valence electrons. The van der Waals surface area contributed by atoms with Gasteiger partial charge in [-0.2, -0.15) is 0 Å². The van der Waals surface area contributed by atoms with Gasteiger partial charge in [-0.15, -0.1) is 0 Å². The highest BCUT2D eigenvalue weighted by Crippen LogP contribution is 2.23. The molecule has 0 amide bonds. The average molecular weight is 357 g/mol. The summed E-state index contributed by atoms with van der Waals surface area (Å²) < 4.78 is 15.6. The molecule has 0 radical (unpaired) electrons. The molecule has 0 N–H and O–H groups in total. The van der Waals surface area contributed by atoms with Crippen molar-refractivity contribution in [3.05, 3.63) is 54.1 Å². The Kier molecular flexibility index (Phi) is 5.35. The largest absolute Gasteiger partial charge is 0.496 e. The second-order valence-corrected chi connectivity index (χ2v) is 5.95. The Balaban J connectivity index is 1.51. The fourth-order valence-corrected chi connectivity index (χ4v) is 2.81. The lowest BCUT2D eigenvalue weighted by Crippen LogP contribution is -2.16. The Morgan fingerprint density at radius 1 is 1.12 bits per heavy atom. The smallest absolute Gasteiger partial charge is 0.316 e. The first-order valence-electron chi connectivity index (χ1n) is 7.47.